The lowest BCUT2D eigenvalue weighted by atomic mass is 10.2. The van der Waals surface area contributed by atoms with E-state index in [0.717, 1.165) is 0 Å². The van der Waals surface area contributed by atoms with Crippen LogP contribution in [0.4, 0.5) is 30.7 Å². The minimum atomic E-state index is -6.46. The second kappa shape index (κ2) is 4.18. The topological polar surface area (TPSA) is 17.1 Å². The van der Waals surface area contributed by atoms with Crippen LogP contribution in [0.2, 0.25) is 0 Å². The molecule has 0 radical (unpaired) electrons. The predicted molar refractivity (Wildman–Crippen MR) is 39.1 cm³/mol. The minimum Gasteiger partial charge on any atom is -0.280 e. The van der Waals surface area contributed by atoms with E-state index in [2.05, 4.69) is 0 Å². The van der Waals surface area contributed by atoms with Crippen LogP contribution < -0.4 is 0 Å². The van der Waals surface area contributed by atoms with Gasteiger partial charge in [0.1, 0.15) is 0 Å². The van der Waals surface area contributed by atoms with E-state index in [1.807, 2.05) is 0 Å². The molecule has 1 nitrogen and oxygen atoms in total. The standard InChI is InChI=1S/C6H5F7OS/c1-2-15-3(14)4(7,8)5(9,10)6(11,12)13/h2H2,1H3. The van der Waals surface area contributed by atoms with E-state index >= 15 is 0 Å². The molecule has 90 valence electrons. The van der Waals surface area contributed by atoms with Gasteiger partial charge in [0.15, 0.2) is 0 Å². The Morgan fingerprint density at radius 3 is 1.73 bits per heavy atom. The summed E-state index contributed by atoms with van der Waals surface area (Å²) in [6, 6.07) is 0. The average Bonchev–Trinajstić information content (AvgIpc) is 2.02. The lowest BCUT2D eigenvalue weighted by molar-refractivity contribution is -0.341. The van der Waals surface area contributed by atoms with Gasteiger partial charge in [-0.1, -0.05) is 18.7 Å². The molecule has 0 saturated carbocycles. The SMILES string of the molecule is CCSC(=O)C(F)(F)C(F)(F)C(F)(F)F. The first-order chi connectivity index (χ1) is 6.48. The summed E-state index contributed by atoms with van der Waals surface area (Å²) >= 11 is -0.288. The van der Waals surface area contributed by atoms with Crippen LogP contribution in [0.25, 0.3) is 0 Å². The van der Waals surface area contributed by atoms with E-state index in [4.69, 9.17) is 0 Å². The van der Waals surface area contributed by atoms with E-state index in [9.17, 15) is 35.5 Å². The van der Waals surface area contributed by atoms with Crippen molar-refractivity contribution in [2.24, 2.45) is 0 Å². The van der Waals surface area contributed by atoms with E-state index in [-0.39, 0.29) is 17.5 Å². The van der Waals surface area contributed by atoms with E-state index < -0.39 is 23.1 Å². The summed E-state index contributed by atoms with van der Waals surface area (Å²) in [5, 5.41) is -2.49. The van der Waals surface area contributed by atoms with Crippen molar-refractivity contribution in [2.75, 3.05) is 5.75 Å². The third-order valence-corrected chi connectivity index (χ3v) is 2.09. The van der Waals surface area contributed by atoms with Crippen LogP contribution in [0.3, 0.4) is 0 Å². The highest BCUT2D eigenvalue weighted by Gasteiger charge is 2.76. The number of carbonyl (C=O) groups excluding carboxylic acids is 1. The van der Waals surface area contributed by atoms with Crippen molar-refractivity contribution >= 4 is 16.9 Å². The fourth-order valence-corrected chi connectivity index (χ4v) is 1.10. The van der Waals surface area contributed by atoms with Gasteiger partial charge in [0.25, 0.3) is 5.12 Å². The van der Waals surface area contributed by atoms with Gasteiger partial charge in [-0.25, -0.2) is 0 Å². The van der Waals surface area contributed by atoms with Crippen molar-refractivity contribution in [2.45, 2.75) is 24.9 Å². The second-order valence-electron chi connectivity index (χ2n) is 2.37. The van der Waals surface area contributed by atoms with E-state index in [1.54, 1.807) is 0 Å². The Morgan fingerprint density at radius 1 is 1.07 bits per heavy atom. The number of hydrogen-bond donors (Lipinski definition) is 0. The molecular weight excluding hydrogens is 253 g/mol. The molecule has 0 aromatic heterocycles. The van der Waals surface area contributed by atoms with Crippen LogP contribution in [-0.4, -0.2) is 28.9 Å². The maximum Gasteiger partial charge on any atom is 0.460 e. The first kappa shape index (κ1) is 14.5. The summed E-state index contributed by atoms with van der Waals surface area (Å²) in [7, 11) is 0. The maximum atomic E-state index is 12.4. The van der Waals surface area contributed by atoms with Gasteiger partial charge < -0.3 is 0 Å². The Balaban J connectivity index is 5.10. The molecule has 15 heavy (non-hydrogen) atoms. The third kappa shape index (κ3) is 2.56. The second-order valence-corrected chi connectivity index (χ2v) is 3.60. The molecule has 9 heteroatoms. The Kier molecular flexibility index (Phi) is 4.05. The molecule has 0 rings (SSSR count). The highest BCUT2D eigenvalue weighted by Crippen LogP contribution is 2.48. The van der Waals surface area contributed by atoms with Gasteiger partial charge in [-0.05, 0) is 5.75 Å². The largest absolute Gasteiger partial charge is 0.460 e. The zero-order valence-electron chi connectivity index (χ0n) is 7.17. The van der Waals surface area contributed by atoms with E-state index in [1.165, 1.54) is 6.92 Å². The molecule has 0 spiro atoms. The fraction of sp³-hybridized carbons (Fsp3) is 0.833. The van der Waals surface area contributed by atoms with Crippen molar-refractivity contribution in [1.82, 2.24) is 0 Å². The van der Waals surface area contributed by atoms with Crippen LogP contribution in [-0.2, 0) is 4.79 Å². The molecule has 0 aliphatic carbocycles. The van der Waals surface area contributed by atoms with Crippen LogP contribution in [0.1, 0.15) is 6.92 Å². The van der Waals surface area contributed by atoms with Crippen LogP contribution in [0.5, 0.6) is 0 Å². The van der Waals surface area contributed by atoms with Crippen molar-refractivity contribution in [3.05, 3.63) is 0 Å². The van der Waals surface area contributed by atoms with Crippen LogP contribution in [0, 0.1) is 0 Å². The van der Waals surface area contributed by atoms with Gasteiger partial charge in [-0.2, -0.15) is 30.7 Å². The normalized spacial score (nSPS) is 14.1. The molecule has 0 aliphatic rings. The van der Waals surface area contributed by atoms with Gasteiger partial charge in [-0.3, -0.25) is 4.79 Å². The molecule has 0 N–H and O–H groups in total. The monoisotopic (exact) mass is 258 g/mol. The Morgan fingerprint density at radius 2 is 1.47 bits per heavy atom. The zero-order chi connectivity index (χ0) is 12.5. The molecular formula is C6H5F7OS. The van der Waals surface area contributed by atoms with E-state index in [0.29, 0.717) is 0 Å². The summed E-state index contributed by atoms with van der Waals surface area (Å²) in [5.41, 5.74) is 0. The number of rotatable bonds is 3. The lowest BCUT2D eigenvalue weighted by Gasteiger charge is -2.26. The Bertz CT molecular complexity index is 246. The maximum absolute atomic E-state index is 12.4. The smallest absolute Gasteiger partial charge is 0.280 e. The Hall–Kier alpha value is -0.470. The summed E-state index contributed by atoms with van der Waals surface area (Å²) < 4.78 is 83.8. The van der Waals surface area contributed by atoms with Crippen molar-refractivity contribution in [3.63, 3.8) is 0 Å². The Labute approximate surface area is 84.0 Å². The first-order valence-electron chi connectivity index (χ1n) is 3.48. The lowest BCUT2D eigenvalue weighted by Crippen LogP contribution is -2.55. The fourth-order valence-electron chi connectivity index (χ4n) is 0.528. The summed E-state index contributed by atoms with van der Waals surface area (Å²) in [6.45, 7) is 1.17. The highest BCUT2D eigenvalue weighted by molar-refractivity contribution is 8.13. The molecule has 0 heterocycles. The van der Waals surface area contributed by atoms with Crippen molar-refractivity contribution < 1.29 is 35.5 Å². The summed E-state index contributed by atoms with van der Waals surface area (Å²) in [4.78, 5) is 10.4. The molecule has 0 amide bonds. The van der Waals surface area contributed by atoms with Gasteiger partial charge in [0.2, 0.25) is 0 Å². The van der Waals surface area contributed by atoms with Crippen LogP contribution >= 0.6 is 11.8 Å². The summed E-state index contributed by atoms with van der Waals surface area (Å²) in [5.74, 6) is -12.4. The molecule has 0 aromatic carbocycles. The van der Waals surface area contributed by atoms with Gasteiger partial charge in [-0.15, -0.1) is 0 Å². The molecule has 0 saturated heterocycles. The number of hydrogen-bond acceptors (Lipinski definition) is 2. The molecule has 0 bridgehead atoms. The molecule has 0 unspecified atom stereocenters. The third-order valence-electron chi connectivity index (χ3n) is 1.28. The predicted octanol–water partition coefficient (Wildman–Crippen LogP) is 3.10. The molecule has 0 fully saturated rings. The van der Waals surface area contributed by atoms with Gasteiger partial charge in [0.05, 0.1) is 0 Å². The first-order valence-corrected chi connectivity index (χ1v) is 4.46. The average molecular weight is 258 g/mol. The van der Waals surface area contributed by atoms with Gasteiger partial charge in [0, 0.05) is 0 Å². The van der Waals surface area contributed by atoms with Crippen LogP contribution in [0.15, 0.2) is 0 Å². The van der Waals surface area contributed by atoms with Crippen molar-refractivity contribution in [1.29, 1.82) is 0 Å². The quantitative estimate of drug-likeness (QED) is 0.723. The molecule has 0 aromatic rings. The van der Waals surface area contributed by atoms with Gasteiger partial charge >= 0.3 is 18.0 Å². The number of alkyl halides is 7. The zero-order valence-corrected chi connectivity index (χ0v) is 7.99. The van der Waals surface area contributed by atoms with Crippen molar-refractivity contribution in [3.8, 4) is 0 Å². The molecule has 0 atom stereocenters. The number of carbonyl (C=O) groups is 1. The molecule has 0 aliphatic heterocycles. The number of thioether (sulfide) groups is 1. The summed E-state index contributed by atoms with van der Waals surface area (Å²) in [6.07, 6.45) is -6.46. The highest BCUT2D eigenvalue weighted by atomic mass is 32.2. The number of halogens is 7. The minimum absolute atomic E-state index is 0.288.